The van der Waals surface area contributed by atoms with E-state index in [0.29, 0.717) is 17.3 Å². The zero-order valence-electron chi connectivity index (χ0n) is 13.2. The lowest BCUT2D eigenvalue weighted by Crippen LogP contribution is -2.20. The summed E-state index contributed by atoms with van der Waals surface area (Å²) in [7, 11) is 0. The monoisotopic (exact) mass is 355 g/mol. The summed E-state index contributed by atoms with van der Waals surface area (Å²) in [6, 6.07) is 3.60. The van der Waals surface area contributed by atoms with E-state index in [0.717, 1.165) is 18.4 Å². The maximum absolute atomic E-state index is 12.5. The summed E-state index contributed by atoms with van der Waals surface area (Å²) >= 11 is 0. The fraction of sp³-hybridized carbons (Fsp3) is 0.250. The first kappa shape index (κ1) is 16.0. The maximum atomic E-state index is 12.5. The number of halogens is 2. The van der Waals surface area contributed by atoms with Gasteiger partial charge in [0.25, 0.3) is 17.6 Å². The molecule has 0 radical (unpaired) electrons. The van der Waals surface area contributed by atoms with Crippen LogP contribution in [-0.2, 0) is 5.54 Å². The molecule has 0 unspecified atom stereocenters. The standard InChI is InChI=1S/C16H11F2N7O/c1-19-11-6-10(2-5-20-11)16(3-4-16)23-15-21-7-9(8-22-15)13-24-25-14(26-13)12(17)18/h2,5-8,12H,3-4H2,(H,21,22,23). The van der Waals surface area contributed by atoms with Gasteiger partial charge in [-0.15, -0.1) is 15.2 Å². The summed E-state index contributed by atoms with van der Waals surface area (Å²) in [4.78, 5) is 15.7. The third kappa shape index (κ3) is 2.95. The number of aromatic nitrogens is 5. The van der Waals surface area contributed by atoms with Crippen molar-refractivity contribution in [2.45, 2.75) is 24.8 Å². The molecule has 0 aromatic carbocycles. The van der Waals surface area contributed by atoms with E-state index in [2.05, 4.69) is 35.3 Å². The van der Waals surface area contributed by atoms with Crippen molar-refractivity contribution in [2.24, 2.45) is 0 Å². The van der Waals surface area contributed by atoms with Gasteiger partial charge in [-0.05, 0) is 30.5 Å². The maximum Gasteiger partial charge on any atom is 0.314 e. The van der Waals surface area contributed by atoms with Crippen LogP contribution >= 0.6 is 0 Å². The van der Waals surface area contributed by atoms with Crippen molar-refractivity contribution in [3.05, 3.63) is 53.6 Å². The first-order valence-corrected chi connectivity index (χ1v) is 7.66. The molecule has 26 heavy (non-hydrogen) atoms. The Morgan fingerprint density at radius 1 is 1.19 bits per heavy atom. The zero-order valence-corrected chi connectivity index (χ0v) is 13.2. The second-order valence-corrected chi connectivity index (χ2v) is 5.76. The highest BCUT2D eigenvalue weighted by atomic mass is 19.3. The molecular formula is C16H11F2N7O. The number of anilines is 1. The van der Waals surface area contributed by atoms with Crippen molar-refractivity contribution in [3.8, 4) is 11.5 Å². The van der Waals surface area contributed by atoms with Crippen LogP contribution < -0.4 is 5.32 Å². The van der Waals surface area contributed by atoms with Gasteiger partial charge < -0.3 is 14.6 Å². The number of nitrogens with zero attached hydrogens (tertiary/aromatic N) is 6. The van der Waals surface area contributed by atoms with E-state index in [1.54, 1.807) is 12.3 Å². The lowest BCUT2D eigenvalue weighted by molar-refractivity contribution is 0.116. The molecule has 3 heterocycles. The van der Waals surface area contributed by atoms with Gasteiger partial charge in [-0.25, -0.2) is 9.97 Å². The van der Waals surface area contributed by atoms with Crippen molar-refractivity contribution in [1.82, 2.24) is 25.1 Å². The fourth-order valence-electron chi connectivity index (χ4n) is 2.54. The molecule has 1 aliphatic rings. The molecule has 130 valence electrons. The van der Waals surface area contributed by atoms with Gasteiger partial charge in [0, 0.05) is 12.4 Å². The molecule has 1 saturated carbocycles. The van der Waals surface area contributed by atoms with Gasteiger partial charge in [0.05, 0.1) is 11.1 Å². The van der Waals surface area contributed by atoms with E-state index in [-0.39, 0.29) is 11.4 Å². The van der Waals surface area contributed by atoms with E-state index < -0.39 is 12.3 Å². The lowest BCUT2D eigenvalue weighted by Gasteiger charge is -2.17. The minimum Gasteiger partial charge on any atom is -0.415 e. The summed E-state index contributed by atoms with van der Waals surface area (Å²) in [6.45, 7) is 7.07. The van der Waals surface area contributed by atoms with E-state index >= 15 is 0 Å². The molecule has 0 spiro atoms. The Morgan fingerprint density at radius 2 is 1.96 bits per heavy atom. The van der Waals surface area contributed by atoms with E-state index in [4.69, 9.17) is 11.0 Å². The van der Waals surface area contributed by atoms with Crippen molar-refractivity contribution in [1.29, 1.82) is 0 Å². The molecule has 0 aliphatic heterocycles. The molecule has 4 rings (SSSR count). The Morgan fingerprint density at radius 3 is 2.58 bits per heavy atom. The van der Waals surface area contributed by atoms with Crippen LogP contribution in [0.5, 0.6) is 0 Å². The normalized spacial score (nSPS) is 14.8. The number of pyridine rings is 1. The van der Waals surface area contributed by atoms with Gasteiger partial charge in [0.15, 0.2) is 0 Å². The molecule has 3 aromatic rings. The second kappa shape index (κ2) is 6.11. The van der Waals surface area contributed by atoms with Crippen LogP contribution in [-0.4, -0.2) is 25.1 Å². The van der Waals surface area contributed by atoms with Crippen LogP contribution in [0.4, 0.5) is 20.5 Å². The molecule has 0 saturated heterocycles. The van der Waals surface area contributed by atoms with Crippen LogP contribution in [0.2, 0.25) is 0 Å². The zero-order chi connectivity index (χ0) is 18.1. The molecule has 1 aliphatic carbocycles. The van der Waals surface area contributed by atoms with Gasteiger partial charge in [0.1, 0.15) is 6.20 Å². The van der Waals surface area contributed by atoms with Gasteiger partial charge in [-0.2, -0.15) is 8.78 Å². The molecule has 8 nitrogen and oxygen atoms in total. The predicted molar refractivity (Wildman–Crippen MR) is 85.3 cm³/mol. The average molecular weight is 355 g/mol. The van der Waals surface area contributed by atoms with Gasteiger partial charge in [0.2, 0.25) is 5.95 Å². The molecule has 1 N–H and O–H groups in total. The lowest BCUT2D eigenvalue weighted by atomic mass is 10.1. The van der Waals surface area contributed by atoms with Crippen LogP contribution in [0.25, 0.3) is 16.3 Å². The van der Waals surface area contributed by atoms with E-state index in [1.165, 1.54) is 12.4 Å². The molecule has 10 heteroatoms. The van der Waals surface area contributed by atoms with Crippen LogP contribution in [0.1, 0.15) is 30.7 Å². The first-order valence-electron chi connectivity index (χ1n) is 7.66. The summed E-state index contributed by atoms with van der Waals surface area (Å²) < 4.78 is 29.9. The first-order chi connectivity index (χ1) is 12.6. The molecular weight excluding hydrogens is 344 g/mol. The average Bonchev–Trinajstić information content (AvgIpc) is 3.27. The minimum atomic E-state index is -2.83. The van der Waals surface area contributed by atoms with Crippen LogP contribution in [0, 0.1) is 6.57 Å². The number of rotatable bonds is 5. The third-order valence-corrected chi connectivity index (χ3v) is 4.04. The quantitative estimate of drug-likeness (QED) is 0.700. The summed E-state index contributed by atoms with van der Waals surface area (Å²) in [5.74, 6) is -0.102. The van der Waals surface area contributed by atoms with E-state index in [9.17, 15) is 8.78 Å². The third-order valence-electron chi connectivity index (χ3n) is 4.04. The second-order valence-electron chi connectivity index (χ2n) is 5.76. The Bertz CT molecular complexity index is 977. The predicted octanol–water partition coefficient (Wildman–Crippen LogP) is 3.51. The molecule has 0 amide bonds. The van der Waals surface area contributed by atoms with Gasteiger partial charge >= 0.3 is 6.43 Å². The highest BCUT2D eigenvalue weighted by Gasteiger charge is 2.45. The van der Waals surface area contributed by atoms with Crippen molar-refractivity contribution < 1.29 is 13.2 Å². The Balaban J connectivity index is 1.53. The topological polar surface area (TPSA) is 94.0 Å². The summed E-state index contributed by atoms with van der Waals surface area (Å²) in [6.07, 6.45) is 3.37. The SMILES string of the molecule is [C-]#[N+]c1cc(C2(Nc3ncc(-c4nnc(C(F)F)o4)cn3)CC2)ccn1. The highest BCUT2D eigenvalue weighted by molar-refractivity contribution is 5.52. The number of hydrogen-bond acceptors (Lipinski definition) is 7. The Kier molecular flexibility index (Phi) is 3.76. The molecule has 0 atom stereocenters. The van der Waals surface area contributed by atoms with Crippen LogP contribution in [0.15, 0.2) is 35.1 Å². The smallest absolute Gasteiger partial charge is 0.314 e. The largest absolute Gasteiger partial charge is 0.415 e. The van der Waals surface area contributed by atoms with Gasteiger partial charge in [-0.3, -0.25) is 0 Å². The molecule has 1 fully saturated rings. The van der Waals surface area contributed by atoms with E-state index in [1.807, 2.05) is 6.07 Å². The number of hydrogen-bond donors (Lipinski definition) is 1. The van der Waals surface area contributed by atoms with Crippen molar-refractivity contribution >= 4 is 11.8 Å². The summed E-state index contributed by atoms with van der Waals surface area (Å²) in [5, 5.41) is 10.1. The molecule has 3 aromatic heterocycles. The fourth-order valence-corrected chi connectivity index (χ4v) is 2.54. The minimum absolute atomic E-state index is 0.0659. The number of nitrogens with one attached hydrogen (secondary N) is 1. The Labute approximate surface area is 146 Å². The highest BCUT2D eigenvalue weighted by Crippen LogP contribution is 2.48. The van der Waals surface area contributed by atoms with Crippen molar-refractivity contribution in [2.75, 3.05) is 5.32 Å². The van der Waals surface area contributed by atoms with Gasteiger partial charge in [-0.1, -0.05) is 6.57 Å². The summed E-state index contributed by atoms with van der Waals surface area (Å²) in [5.41, 5.74) is 0.973. The van der Waals surface area contributed by atoms with Crippen molar-refractivity contribution in [3.63, 3.8) is 0 Å². The Hall–Kier alpha value is -3.48. The van der Waals surface area contributed by atoms with Crippen LogP contribution in [0.3, 0.4) is 0 Å². The molecule has 0 bridgehead atoms. The number of alkyl halides is 2.